The Labute approximate surface area is 158 Å². The number of carbonyl (C=O) groups excluding carboxylic acids is 1. The molecule has 144 valence electrons. The lowest BCUT2D eigenvalue weighted by Crippen LogP contribution is -2.50. The van der Waals surface area contributed by atoms with E-state index >= 15 is 0 Å². The second-order valence-electron chi connectivity index (χ2n) is 6.44. The molecule has 3 aromatic rings. The first-order valence-electron chi connectivity index (χ1n) is 8.73. The molecule has 0 atom stereocenters. The standard InChI is InChI=1S/C18H17N5O5/c24-17(21-9-7-20(8-10-21)13-3-5-19-6-4-13)12-22-15-2-1-14(23(26)27)11-16(15)28-18(22)25/h1-6,11H,7-10,12H2. The van der Waals surface area contributed by atoms with Gasteiger partial charge in [-0.3, -0.25) is 24.5 Å². The molecule has 0 spiro atoms. The molecular formula is C18H17N5O5. The zero-order valence-corrected chi connectivity index (χ0v) is 14.9. The van der Waals surface area contributed by atoms with E-state index in [1.807, 2.05) is 12.1 Å². The Morgan fingerprint density at radius 3 is 2.54 bits per heavy atom. The van der Waals surface area contributed by atoms with Crippen LogP contribution in [0.5, 0.6) is 0 Å². The van der Waals surface area contributed by atoms with E-state index in [0.717, 1.165) is 5.69 Å². The lowest BCUT2D eigenvalue weighted by atomic mass is 10.2. The maximum atomic E-state index is 12.7. The summed E-state index contributed by atoms with van der Waals surface area (Å²) in [5.41, 5.74) is 1.33. The van der Waals surface area contributed by atoms with Crippen LogP contribution in [0.4, 0.5) is 11.4 Å². The van der Waals surface area contributed by atoms with Crippen molar-refractivity contribution in [2.24, 2.45) is 0 Å². The highest BCUT2D eigenvalue weighted by atomic mass is 16.6. The van der Waals surface area contributed by atoms with Crippen molar-refractivity contribution >= 4 is 28.4 Å². The van der Waals surface area contributed by atoms with Crippen LogP contribution in [0, 0.1) is 10.1 Å². The Morgan fingerprint density at radius 1 is 1.14 bits per heavy atom. The van der Waals surface area contributed by atoms with Gasteiger partial charge in [0.25, 0.3) is 5.69 Å². The van der Waals surface area contributed by atoms with E-state index in [2.05, 4.69) is 9.88 Å². The van der Waals surface area contributed by atoms with Crippen molar-refractivity contribution in [3.05, 3.63) is 63.4 Å². The lowest BCUT2D eigenvalue weighted by molar-refractivity contribution is -0.384. The molecule has 10 heteroatoms. The zero-order chi connectivity index (χ0) is 19.7. The fourth-order valence-corrected chi connectivity index (χ4v) is 3.32. The van der Waals surface area contributed by atoms with Gasteiger partial charge in [-0.15, -0.1) is 0 Å². The van der Waals surface area contributed by atoms with Crippen molar-refractivity contribution < 1.29 is 14.1 Å². The third-order valence-corrected chi connectivity index (χ3v) is 4.82. The van der Waals surface area contributed by atoms with Gasteiger partial charge in [0, 0.05) is 50.3 Å². The third-order valence-electron chi connectivity index (χ3n) is 4.82. The van der Waals surface area contributed by atoms with Gasteiger partial charge in [0.1, 0.15) is 6.54 Å². The number of oxazole rings is 1. The molecule has 4 rings (SSSR count). The van der Waals surface area contributed by atoms with Gasteiger partial charge in [0.05, 0.1) is 16.5 Å². The van der Waals surface area contributed by atoms with E-state index in [1.165, 1.54) is 22.8 Å². The van der Waals surface area contributed by atoms with Crippen LogP contribution in [-0.4, -0.2) is 51.5 Å². The summed E-state index contributed by atoms with van der Waals surface area (Å²) in [7, 11) is 0. The van der Waals surface area contributed by atoms with Crippen molar-refractivity contribution in [3.63, 3.8) is 0 Å². The van der Waals surface area contributed by atoms with Crippen LogP contribution in [0.1, 0.15) is 0 Å². The van der Waals surface area contributed by atoms with E-state index in [-0.39, 0.29) is 23.7 Å². The molecule has 0 aliphatic carbocycles. The van der Waals surface area contributed by atoms with Crippen molar-refractivity contribution in [2.75, 3.05) is 31.1 Å². The first-order valence-corrected chi connectivity index (χ1v) is 8.73. The van der Waals surface area contributed by atoms with E-state index in [1.54, 1.807) is 17.3 Å². The third kappa shape index (κ3) is 3.31. The number of hydrogen-bond acceptors (Lipinski definition) is 7. The number of fused-ring (bicyclic) bond motifs is 1. The number of nitro benzene ring substituents is 1. The van der Waals surface area contributed by atoms with E-state index in [4.69, 9.17) is 4.42 Å². The molecule has 1 saturated heterocycles. The fourth-order valence-electron chi connectivity index (χ4n) is 3.32. The van der Waals surface area contributed by atoms with Crippen molar-refractivity contribution in [2.45, 2.75) is 6.54 Å². The van der Waals surface area contributed by atoms with E-state index in [0.29, 0.717) is 31.7 Å². The second-order valence-corrected chi connectivity index (χ2v) is 6.44. The maximum Gasteiger partial charge on any atom is 0.420 e. The molecule has 0 bridgehead atoms. The molecule has 1 aromatic carbocycles. The summed E-state index contributed by atoms with van der Waals surface area (Å²) in [5.74, 6) is -0.906. The topological polar surface area (TPSA) is 115 Å². The molecule has 0 unspecified atom stereocenters. The highest BCUT2D eigenvalue weighted by molar-refractivity contribution is 5.81. The molecule has 1 aliphatic heterocycles. The first-order chi connectivity index (χ1) is 13.5. The Balaban J connectivity index is 1.46. The van der Waals surface area contributed by atoms with Crippen LogP contribution in [0.3, 0.4) is 0 Å². The predicted molar refractivity (Wildman–Crippen MR) is 100 cm³/mol. The number of carbonyl (C=O) groups is 1. The second kappa shape index (κ2) is 7.14. The van der Waals surface area contributed by atoms with Crippen LogP contribution < -0.4 is 10.7 Å². The summed E-state index contributed by atoms with van der Waals surface area (Å²) in [5, 5.41) is 10.9. The number of amides is 1. The number of rotatable bonds is 4. The monoisotopic (exact) mass is 383 g/mol. The number of anilines is 1. The Hall–Kier alpha value is -3.69. The molecule has 2 aromatic heterocycles. The SMILES string of the molecule is O=C(Cn1c(=O)oc2cc([N+](=O)[O-])ccc21)N1CCN(c2ccncc2)CC1. The van der Waals surface area contributed by atoms with Gasteiger partial charge in [-0.05, 0) is 18.2 Å². The van der Waals surface area contributed by atoms with Gasteiger partial charge in [0.15, 0.2) is 5.58 Å². The molecule has 0 radical (unpaired) electrons. The minimum atomic E-state index is -0.709. The number of aromatic nitrogens is 2. The molecule has 1 aliphatic rings. The van der Waals surface area contributed by atoms with Gasteiger partial charge < -0.3 is 14.2 Å². The van der Waals surface area contributed by atoms with Gasteiger partial charge >= 0.3 is 5.76 Å². The molecular weight excluding hydrogens is 366 g/mol. The van der Waals surface area contributed by atoms with Crippen molar-refractivity contribution in [1.29, 1.82) is 0 Å². The van der Waals surface area contributed by atoms with Crippen molar-refractivity contribution in [1.82, 2.24) is 14.5 Å². The largest absolute Gasteiger partial charge is 0.420 e. The van der Waals surface area contributed by atoms with E-state index in [9.17, 15) is 19.7 Å². The minimum Gasteiger partial charge on any atom is -0.407 e. The van der Waals surface area contributed by atoms with Gasteiger partial charge in [-0.1, -0.05) is 0 Å². The number of piperazine rings is 1. The van der Waals surface area contributed by atoms with E-state index < -0.39 is 10.7 Å². The highest BCUT2D eigenvalue weighted by Crippen LogP contribution is 2.20. The maximum absolute atomic E-state index is 12.7. The predicted octanol–water partition coefficient (Wildman–Crippen LogP) is 1.25. The minimum absolute atomic E-state index is 0.0921. The normalized spacial score (nSPS) is 14.4. The Bertz CT molecular complexity index is 1080. The summed E-state index contributed by atoms with van der Waals surface area (Å²) in [6.07, 6.45) is 3.46. The van der Waals surface area contributed by atoms with Crippen LogP contribution in [0.25, 0.3) is 11.1 Å². The number of nitro groups is 1. The van der Waals surface area contributed by atoms with Crippen molar-refractivity contribution in [3.8, 4) is 0 Å². The van der Waals surface area contributed by atoms with Crippen LogP contribution in [0.15, 0.2) is 51.9 Å². The Kier molecular flexibility index (Phi) is 4.52. The number of benzene rings is 1. The first kappa shape index (κ1) is 17.7. The number of nitrogens with zero attached hydrogens (tertiary/aromatic N) is 5. The summed E-state index contributed by atoms with van der Waals surface area (Å²) in [4.78, 5) is 43.0. The van der Waals surface area contributed by atoms with Crippen LogP contribution in [-0.2, 0) is 11.3 Å². The smallest absolute Gasteiger partial charge is 0.407 e. The average molecular weight is 383 g/mol. The van der Waals surface area contributed by atoms with Crippen LogP contribution >= 0.6 is 0 Å². The average Bonchev–Trinajstić information content (AvgIpc) is 3.03. The molecule has 28 heavy (non-hydrogen) atoms. The number of pyridine rings is 1. The molecule has 0 N–H and O–H groups in total. The molecule has 10 nitrogen and oxygen atoms in total. The molecule has 1 fully saturated rings. The summed E-state index contributed by atoms with van der Waals surface area (Å²) >= 11 is 0. The summed E-state index contributed by atoms with van der Waals surface area (Å²) in [6.45, 7) is 2.28. The fraction of sp³-hybridized carbons (Fsp3) is 0.278. The molecule has 0 saturated carbocycles. The lowest BCUT2D eigenvalue weighted by Gasteiger charge is -2.36. The van der Waals surface area contributed by atoms with Gasteiger partial charge in [-0.25, -0.2) is 4.79 Å². The summed E-state index contributed by atoms with van der Waals surface area (Å²) < 4.78 is 6.28. The highest BCUT2D eigenvalue weighted by Gasteiger charge is 2.23. The van der Waals surface area contributed by atoms with Gasteiger partial charge in [0.2, 0.25) is 5.91 Å². The molecule has 1 amide bonds. The number of hydrogen-bond donors (Lipinski definition) is 0. The summed E-state index contributed by atoms with van der Waals surface area (Å²) in [6, 6.07) is 7.74. The zero-order valence-electron chi connectivity index (χ0n) is 14.9. The Morgan fingerprint density at radius 2 is 1.86 bits per heavy atom. The quantitative estimate of drug-likeness (QED) is 0.492. The molecule has 3 heterocycles. The van der Waals surface area contributed by atoms with Gasteiger partial charge in [-0.2, -0.15) is 0 Å². The number of non-ortho nitro benzene ring substituents is 1. The van der Waals surface area contributed by atoms with Crippen LogP contribution in [0.2, 0.25) is 0 Å².